The van der Waals surface area contributed by atoms with Crippen molar-refractivity contribution in [1.29, 1.82) is 0 Å². The number of hydrogen-bond donors (Lipinski definition) is 1. The Morgan fingerprint density at radius 2 is 2.05 bits per heavy atom. The predicted octanol–water partition coefficient (Wildman–Crippen LogP) is 4.12. The summed E-state index contributed by atoms with van der Waals surface area (Å²) in [5.74, 6) is -0.0703. The lowest BCUT2D eigenvalue weighted by Gasteiger charge is -2.22. The first kappa shape index (κ1) is 17.5. The normalized spacial score (nSPS) is 10.6. The summed E-state index contributed by atoms with van der Waals surface area (Å²) >= 11 is 9.25. The van der Waals surface area contributed by atoms with E-state index in [1.807, 2.05) is 0 Å². The molecule has 0 spiro atoms. The van der Waals surface area contributed by atoms with Crippen molar-refractivity contribution in [3.8, 4) is 0 Å². The molecule has 1 rings (SSSR count). The van der Waals surface area contributed by atoms with Gasteiger partial charge in [-0.2, -0.15) is 0 Å². The van der Waals surface area contributed by atoms with Gasteiger partial charge in [-0.3, -0.25) is 4.79 Å². The highest BCUT2D eigenvalue weighted by molar-refractivity contribution is 9.10. The highest BCUT2D eigenvalue weighted by Gasteiger charge is 2.17. The highest BCUT2D eigenvalue weighted by Crippen LogP contribution is 2.23. The molecule has 0 aliphatic rings. The van der Waals surface area contributed by atoms with Crippen molar-refractivity contribution in [1.82, 2.24) is 4.90 Å². The second-order valence-electron chi connectivity index (χ2n) is 4.70. The number of aliphatic hydroxyl groups is 1. The second kappa shape index (κ2) is 9.37. The second-order valence-corrected chi connectivity index (χ2v) is 5.99. The van der Waals surface area contributed by atoms with E-state index in [4.69, 9.17) is 16.7 Å². The summed E-state index contributed by atoms with van der Waals surface area (Å²) in [6.45, 7) is 3.17. The lowest BCUT2D eigenvalue weighted by Crippen LogP contribution is -2.34. The molecule has 3 nitrogen and oxygen atoms in total. The van der Waals surface area contributed by atoms with Crippen LogP contribution in [0.1, 0.15) is 43.0 Å². The largest absolute Gasteiger partial charge is 0.395 e. The van der Waals surface area contributed by atoms with Gasteiger partial charge in [0.1, 0.15) is 0 Å². The van der Waals surface area contributed by atoms with Gasteiger partial charge >= 0.3 is 0 Å². The van der Waals surface area contributed by atoms with E-state index in [9.17, 15) is 4.79 Å². The average Bonchev–Trinajstić information content (AvgIpc) is 2.41. The Bertz CT molecular complexity index is 440. The summed E-state index contributed by atoms with van der Waals surface area (Å²) in [4.78, 5) is 14.2. The van der Waals surface area contributed by atoms with Crippen LogP contribution in [-0.4, -0.2) is 35.6 Å². The zero-order valence-electron chi connectivity index (χ0n) is 11.7. The van der Waals surface area contributed by atoms with Crippen LogP contribution in [0, 0.1) is 0 Å². The Balaban J connectivity index is 2.72. The van der Waals surface area contributed by atoms with Gasteiger partial charge in [0, 0.05) is 22.6 Å². The molecule has 1 aromatic carbocycles. The van der Waals surface area contributed by atoms with Crippen molar-refractivity contribution in [2.75, 3.05) is 19.7 Å². The van der Waals surface area contributed by atoms with Crippen LogP contribution in [0.5, 0.6) is 0 Å². The molecule has 0 heterocycles. The number of rotatable bonds is 8. The van der Waals surface area contributed by atoms with E-state index in [1.54, 1.807) is 23.1 Å². The molecule has 0 saturated heterocycles. The maximum atomic E-state index is 12.5. The van der Waals surface area contributed by atoms with E-state index in [-0.39, 0.29) is 12.5 Å². The smallest absolute Gasteiger partial charge is 0.255 e. The number of amides is 1. The Hall–Kier alpha value is -0.580. The molecule has 0 aliphatic heterocycles. The third-order valence-corrected chi connectivity index (χ3v) is 3.99. The number of carbonyl (C=O) groups is 1. The fourth-order valence-corrected chi connectivity index (χ4v) is 2.85. The summed E-state index contributed by atoms with van der Waals surface area (Å²) in [5, 5.41) is 9.71. The Morgan fingerprint density at radius 3 is 2.65 bits per heavy atom. The maximum absolute atomic E-state index is 12.5. The number of carbonyl (C=O) groups excluding carboxylic acids is 1. The van der Waals surface area contributed by atoms with Crippen LogP contribution in [0.4, 0.5) is 0 Å². The van der Waals surface area contributed by atoms with E-state index in [2.05, 4.69) is 22.9 Å². The molecule has 112 valence electrons. The van der Waals surface area contributed by atoms with E-state index < -0.39 is 0 Å². The number of benzene rings is 1. The van der Waals surface area contributed by atoms with Crippen LogP contribution in [0.15, 0.2) is 22.7 Å². The molecule has 0 aromatic heterocycles. The van der Waals surface area contributed by atoms with Crippen molar-refractivity contribution in [3.63, 3.8) is 0 Å². The van der Waals surface area contributed by atoms with Crippen LogP contribution < -0.4 is 0 Å². The minimum atomic E-state index is -0.0703. The minimum Gasteiger partial charge on any atom is -0.395 e. The van der Waals surface area contributed by atoms with Gasteiger partial charge in [-0.1, -0.05) is 37.8 Å². The molecule has 0 fully saturated rings. The molecular weight excluding hydrogens is 342 g/mol. The fraction of sp³-hybridized carbons (Fsp3) is 0.533. The SMILES string of the molecule is CCCCCCN(CCO)C(=O)c1ccc(Cl)cc1Br. The van der Waals surface area contributed by atoms with E-state index >= 15 is 0 Å². The molecule has 0 aliphatic carbocycles. The zero-order chi connectivity index (χ0) is 15.0. The molecule has 0 saturated carbocycles. The first-order chi connectivity index (χ1) is 9.60. The lowest BCUT2D eigenvalue weighted by molar-refractivity contribution is 0.0717. The Kier molecular flexibility index (Phi) is 8.19. The fourth-order valence-electron chi connectivity index (χ4n) is 2.00. The number of unbranched alkanes of at least 4 members (excludes halogenated alkanes) is 3. The van der Waals surface area contributed by atoms with Gasteiger partial charge < -0.3 is 10.0 Å². The quantitative estimate of drug-likeness (QED) is 0.707. The monoisotopic (exact) mass is 361 g/mol. The Labute approximate surface area is 134 Å². The Morgan fingerprint density at radius 1 is 1.30 bits per heavy atom. The summed E-state index contributed by atoms with van der Waals surface area (Å²) in [6, 6.07) is 5.13. The third kappa shape index (κ3) is 5.43. The molecule has 20 heavy (non-hydrogen) atoms. The standard InChI is InChI=1S/C15H21BrClNO2/c1-2-3-4-5-8-18(9-10-19)15(20)13-7-6-12(17)11-14(13)16/h6-7,11,19H,2-5,8-10H2,1H3. The van der Waals surface area contributed by atoms with Gasteiger partial charge in [-0.15, -0.1) is 0 Å². The van der Waals surface area contributed by atoms with Crippen molar-refractivity contribution < 1.29 is 9.90 Å². The number of hydrogen-bond acceptors (Lipinski definition) is 2. The number of halogens is 2. The van der Waals surface area contributed by atoms with Gasteiger partial charge in [0.05, 0.1) is 12.2 Å². The van der Waals surface area contributed by atoms with Crippen LogP contribution in [0.2, 0.25) is 5.02 Å². The molecule has 1 N–H and O–H groups in total. The number of nitrogens with zero attached hydrogens (tertiary/aromatic N) is 1. The van der Waals surface area contributed by atoms with Gasteiger partial charge in [0.25, 0.3) is 5.91 Å². The summed E-state index contributed by atoms with van der Waals surface area (Å²) < 4.78 is 0.687. The third-order valence-electron chi connectivity index (χ3n) is 3.10. The predicted molar refractivity (Wildman–Crippen MR) is 86.3 cm³/mol. The van der Waals surface area contributed by atoms with Gasteiger partial charge in [0.2, 0.25) is 0 Å². The summed E-state index contributed by atoms with van der Waals surface area (Å²) in [7, 11) is 0. The molecule has 1 aromatic rings. The lowest BCUT2D eigenvalue weighted by atomic mass is 10.1. The van der Waals surface area contributed by atoms with E-state index in [0.29, 0.717) is 28.1 Å². The topological polar surface area (TPSA) is 40.5 Å². The summed E-state index contributed by atoms with van der Waals surface area (Å²) in [5.41, 5.74) is 0.582. The molecule has 0 unspecified atom stereocenters. The minimum absolute atomic E-state index is 0.0231. The molecule has 0 atom stereocenters. The van der Waals surface area contributed by atoms with Crippen molar-refractivity contribution >= 4 is 33.4 Å². The van der Waals surface area contributed by atoms with Gasteiger partial charge in [-0.05, 0) is 40.5 Å². The van der Waals surface area contributed by atoms with E-state index in [0.717, 1.165) is 19.3 Å². The molecular formula is C15H21BrClNO2. The highest BCUT2D eigenvalue weighted by atomic mass is 79.9. The molecule has 0 bridgehead atoms. The number of aliphatic hydroxyl groups excluding tert-OH is 1. The van der Waals surface area contributed by atoms with Crippen LogP contribution in [0.3, 0.4) is 0 Å². The van der Waals surface area contributed by atoms with Gasteiger partial charge in [-0.25, -0.2) is 0 Å². The van der Waals surface area contributed by atoms with Crippen molar-refractivity contribution in [3.05, 3.63) is 33.3 Å². The zero-order valence-corrected chi connectivity index (χ0v) is 14.1. The van der Waals surface area contributed by atoms with Crippen LogP contribution in [-0.2, 0) is 0 Å². The first-order valence-corrected chi connectivity index (χ1v) is 8.12. The van der Waals surface area contributed by atoms with Crippen molar-refractivity contribution in [2.45, 2.75) is 32.6 Å². The van der Waals surface area contributed by atoms with Crippen molar-refractivity contribution in [2.24, 2.45) is 0 Å². The molecule has 5 heteroatoms. The first-order valence-electron chi connectivity index (χ1n) is 6.95. The van der Waals surface area contributed by atoms with E-state index in [1.165, 1.54) is 6.42 Å². The molecule has 0 radical (unpaired) electrons. The van der Waals surface area contributed by atoms with Crippen LogP contribution in [0.25, 0.3) is 0 Å². The maximum Gasteiger partial charge on any atom is 0.255 e. The average molecular weight is 363 g/mol. The van der Waals surface area contributed by atoms with Crippen LogP contribution >= 0.6 is 27.5 Å². The van der Waals surface area contributed by atoms with Gasteiger partial charge in [0.15, 0.2) is 0 Å². The molecule has 1 amide bonds. The summed E-state index contributed by atoms with van der Waals surface area (Å²) in [6.07, 6.45) is 4.40.